The molecule has 0 aromatic carbocycles. The van der Waals surface area contributed by atoms with Crippen LogP contribution in [0.4, 0.5) is 0 Å². The first-order valence-corrected chi connectivity index (χ1v) is 8.97. The topological polar surface area (TPSA) is 65.8 Å². The van der Waals surface area contributed by atoms with Gasteiger partial charge in [0, 0.05) is 19.3 Å². The van der Waals surface area contributed by atoms with Crippen molar-refractivity contribution >= 4 is 5.91 Å². The second kappa shape index (κ2) is 7.23. The minimum atomic E-state index is -0.541. The van der Waals surface area contributed by atoms with Crippen LogP contribution in [0.1, 0.15) is 43.1 Å². The SMILES string of the molecule is C=C/C=C\C(=C/C)C1CCCCC2N(C)C(=O)c3c(O)c(=O)ccn3N12. The smallest absolute Gasteiger partial charge is 0.277 e. The lowest BCUT2D eigenvalue weighted by atomic mass is 10.0. The summed E-state index contributed by atoms with van der Waals surface area (Å²) in [5, 5.41) is 12.4. The van der Waals surface area contributed by atoms with Crippen molar-refractivity contribution in [1.82, 2.24) is 9.58 Å². The van der Waals surface area contributed by atoms with Gasteiger partial charge in [-0.15, -0.1) is 0 Å². The van der Waals surface area contributed by atoms with Crippen LogP contribution >= 0.6 is 0 Å². The number of pyridine rings is 1. The molecule has 1 aromatic heterocycles. The van der Waals surface area contributed by atoms with Crippen LogP contribution in [0.5, 0.6) is 5.75 Å². The average Bonchev–Trinajstić information content (AvgIpc) is 2.86. The molecule has 1 amide bonds. The molecule has 3 heterocycles. The maximum Gasteiger partial charge on any atom is 0.277 e. The highest BCUT2D eigenvalue weighted by molar-refractivity contribution is 5.96. The number of fused-ring (bicyclic) bond motifs is 3. The normalized spacial score (nSPS) is 23.6. The van der Waals surface area contributed by atoms with Crippen LogP contribution in [0.15, 0.2) is 53.5 Å². The van der Waals surface area contributed by atoms with Crippen molar-refractivity contribution in [1.29, 1.82) is 0 Å². The Balaban J connectivity index is 2.20. The van der Waals surface area contributed by atoms with Crippen molar-refractivity contribution < 1.29 is 9.90 Å². The quantitative estimate of drug-likeness (QED) is 0.846. The lowest BCUT2D eigenvalue weighted by Crippen LogP contribution is -2.63. The fourth-order valence-corrected chi connectivity index (χ4v) is 3.91. The van der Waals surface area contributed by atoms with E-state index in [1.54, 1.807) is 28.9 Å². The molecule has 0 bridgehead atoms. The molecule has 0 spiro atoms. The molecule has 2 aliphatic heterocycles. The first-order valence-electron chi connectivity index (χ1n) is 8.97. The summed E-state index contributed by atoms with van der Waals surface area (Å²) in [5.74, 6) is -0.819. The van der Waals surface area contributed by atoms with Crippen LogP contribution in [0.25, 0.3) is 0 Å². The van der Waals surface area contributed by atoms with Crippen molar-refractivity contribution in [2.45, 2.75) is 44.8 Å². The second-order valence-electron chi connectivity index (χ2n) is 6.68. The van der Waals surface area contributed by atoms with Crippen LogP contribution in [-0.2, 0) is 0 Å². The van der Waals surface area contributed by atoms with Gasteiger partial charge in [0.1, 0.15) is 6.17 Å². The van der Waals surface area contributed by atoms with Crippen LogP contribution in [-0.4, -0.2) is 39.8 Å². The number of nitrogens with zero attached hydrogens (tertiary/aromatic N) is 3. The molecule has 6 nitrogen and oxygen atoms in total. The van der Waals surface area contributed by atoms with Gasteiger partial charge >= 0.3 is 0 Å². The molecule has 3 rings (SSSR count). The molecular formula is C20H25N3O3. The number of aromatic hydroxyl groups is 1. The van der Waals surface area contributed by atoms with Gasteiger partial charge in [0.05, 0.1) is 6.04 Å². The van der Waals surface area contributed by atoms with Crippen molar-refractivity contribution in [2.24, 2.45) is 0 Å². The Labute approximate surface area is 153 Å². The molecule has 6 heteroatoms. The molecule has 2 aliphatic rings. The van der Waals surface area contributed by atoms with Gasteiger partial charge in [-0.2, -0.15) is 0 Å². The zero-order valence-electron chi connectivity index (χ0n) is 15.3. The van der Waals surface area contributed by atoms with Gasteiger partial charge in [0.2, 0.25) is 5.43 Å². The van der Waals surface area contributed by atoms with Gasteiger partial charge in [-0.05, 0) is 31.8 Å². The molecule has 1 aromatic rings. The van der Waals surface area contributed by atoms with E-state index in [0.29, 0.717) is 0 Å². The summed E-state index contributed by atoms with van der Waals surface area (Å²) in [6.45, 7) is 5.73. The standard InChI is InChI=1S/C20H25N3O3/c1-4-6-9-14(5-2)15-10-7-8-11-17-21(3)20(26)18-19(25)16(24)12-13-22(18)23(15)17/h4-6,9,12-13,15,17,25H,1,7-8,10-11H2,2-3H3/b9-6-,14-5+. The van der Waals surface area contributed by atoms with Crippen molar-refractivity contribution in [3.8, 4) is 5.75 Å². The summed E-state index contributed by atoms with van der Waals surface area (Å²) >= 11 is 0. The third-order valence-corrected chi connectivity index (χ3v) is 5.23. The van der Waals surface area contributed by atoms with Gasteiger partial charge in [-0.3, -0.25) is 19.3 Å². The van der Waals surface area contributed by atoms with Crippen LogP contribution in [0.3, 0.4) is 0 Å². The van der Waals surface area contributed by atoms with Crippen molar-refractivity contribution in [2.75, 3.05) is 12.1 Å². The molecule has 1 fully saturated rings. The third kappa shape index (κ3) is 2.85. The van der Waals surface area contributed by atoms with E-state index in [2.05, 4.69) is 17.7 Å². The van der Waals surface area contributed by atoms with Gasteiger partial charge in [-0.1, -0.05) is 37.3 Å². The van der Waals surface area contributed by atoms with E-state index in [-0.39, 0.29) is 23.8 Å². The lowest BCUT2D eigenvalue weighted by molar-refractivity contribution is 0.0615. The Morgan fingerprint density at radius 1 is 1.31 bits per heavy atom. The van der Waals surface area contributed by atoms with Crippen LogP contribution in [0.2, 0.25) is 0 Å². The van der Waals surface area contributed by atoms with E-state index in [4.69, 9.17) is 0 Å². The van der Waals surface area contributed by atoms with Gasteiger partial charge in [-0.25, -0.2) is 0 Å². The number of rotatable bonds is 3. The van der Waals surface area contributed by atoms with E-state index in [9.17, 15) is 14.7 Å². The molecule has 0 saturated carbocycles. The number of carbonyl (C=O) groups excluding carboxylic acids is 1. The van der Waals surface area contributed by atoms with E-state index < -0.39 is 11.2 Å². The summed E-state index contributed by atoms with van der Waals surface area (Å²) in [7, 11) is 1.73. The van der Waals surface area contributed by atoms with Crippen LogP contribution in [0, 0.1) is 0 Å². The summed E-state index contributed by atoms with van der Waals surface area (Å²) < 4.78 is 1.67. The predicted molar refractivity (Wildman–Crippen MR) is 102 cm³/mol. The molecule has 0 radical (unpaired) electrons. The average molecular weight is 355 g/mol. The Hall–Kier alpha value is -2.76. The molecule has 0 aliphatic carbocycles. The third-order valence-electron chi connectivity index (χ3n) is 5.23. The summed E-state index contributed by atoms with van der Waals surface area (Å²) in [6.07, 6.45) is 13.0. The van der Waals surface area contributed by atoms with Gasteiger partial charge in [0.15, 0.2) is 11.4 Å². The maximum absolute atomic E-state index is 12.8. The number of hydrogen-bond acceptors (Lipinski definition) is 4. The highest BCUT2D eigenvalue weighted by atomic mass is 16.3. The highest BCUT2D eigenvalue weighted by Gasteiger charge is 2.41. The Kier molecular flexibility index (Phi) is 5.02. The van der Waals surface area contributed by atoms with Gasteiger partial charge in [0.25, 0.3) is 5.91 Å². The number of aromatic nitrogens is 1. The predicted octanol–water partition coefficient (Wildman–Crippen LogP) is 2.53. The first kappa shape index (κ1) is 18.0. The summed E-state index contributed by atoms with van der Waals surface area (Å²) in [4.78, 5) is 26.3. The Morgan fingerprint density at radius 3 is 2.73 bits per heavy atom. The van der Waals surface area contributed by atoms with Crippen molar-refractivity contribution in [3.05, 3.63) is 64.6 Å². The fourth-order valence-electron chi connectivity index (χ4n) is 3.91. The van der Waals surface area contributed by atoms with Crippen LogP contribution < -0.4 is 10.4 Å². The first-order chi connectivity index (χ1) is 12.5. The number of allylic oxidation sites excluding steroid dienone is 3. The Morgan fingerprint density at radius 2 is 2.04 bits per heavy atom. The van der Waals surface area contributed by atoms with E-state index in [0.717, 1.165) is 31.3 Å². The Bertz CT molecular complexity index is 837. The molecule has 2 atom stereocenters. The molecule has 2 unspecified atom stereocenters. The van der Waals surface area contributed by atoms with Gasteiger partial charge < -0.3 is 10.0 Å². The van der Waals surface area contributed by atoms with E-state index in [1.165, 1.54) is 6.07 Å². The number of carbonyl (C=O) groups is 1. The zero-order chi connectivity index (χ0) is 18.8. The zero-order valence-corrected chi connectivity index (χ0v) is 15.3. The monoisotopic (exact) mass is 355 g/mol. The van der Waals surface area contributed by atoms with Crippen molar-refractivity contribution in [3.63, 3.8) is 0 Å². The summed E-state index contributed by atoms with van der Waals surface area (Å²) in [6, 6.07) is 1.34. The molecule has 26 heavy (non-hydrogen) atoms. The highest BCUT2D eigenvalue weighted by Crippen LogP contribution is 2.33. The second-order valence-corrected chi connectivity index (χ2v) is 6.68. The minimum absolute atomic E-state index is 0.0277. The fraction of sp³-hybridized carbons (Fsp3) is 0.400. The van der Waals surface area contributed by atoms with E-state index in [1.807, 2.05) is 19.1 Å². The number of hydrogen-bond donors (Lipinski definition) is 1. The molecule has 138 valence electrons. The maximum atomic E-state index is 12.8. The van der Waals surface area contributed by atoms with E-state index >= 15 is 0 Å². The molecule has 1 saturated heterocycles. The largest absolute Gasteiger partial charge is 0.502 e. The summed E-state index contributed by atoms with van der Waals surface area (Å²) in [5.41, 5.74) is 0.607. The lowest BCUT2D eigenvalue weighted by Gasteiger charge is -2.48. The molecule has 1 N–H and O–H groups in total. The minimum Gasteiger partial charge on any atom is -0.502 e. The number of amides is 1. The molecular weight excluding hydrogens is 330 g/mol.